The van der Waals surface area contributed by atoms with E-state index in [1.165, 1.54) is 5.56 Å². The normalized spacial score (nSPS) is 18.2. The lowest BCUT2D eigenvalue weighted by atomic mass is 10.1. The first kappa shape index (κ1) is 25.9. The van der Waals surface area contributed by atoms with Gasteiger partial charge in [0, 0.05) is 49.2 Å². The summed E-state index contributed by atoms with van der Waals surface area (Å²) in [7, 11) is 0. The molecule has 2 bridgehead atoms. The number of likely N-dealkylation sites (tertiary alicyclic amines) is 1. The van der Waals surface area contributed by atoms with Crippen LogP contribution >= 0.6 is 0 Å². The van der Waals surface area contributed by atoms with Gasteiger partial charge < -0.3 is 10.6 Å². The fourth-order valence-corrected chi connectivity index (χ4v) is 6.32. The standard InChI is InChI=1S/C34H31N7O/c1-2-7-31(42)39-21-26-15-16-27(22-39)40(26)20-23-11-13-25(14-12-23)41-33(28-10-6-19-36-32(28)35)38-30-18-17-29(37-34(30)41)24-8-4-3-5-9-24/h3-6,8-14,17-19,26-27H,15-16,20-22H2,1H3,(H2,35,36). The Bertz CT molecular complexity index is 1820. The number of piperazine rings is 1. The minimum absolute atomic E-state index is 0.0555. The molecule has 5 heterocycles. The number of fused-ring (bicyclic) bond motifs is 3. The van der Waals surface area contributed by atoms with Gasteiger partial charge in [-0.05, 0) is 67.6 Å². The van der Waals surface area contributed by atoms with E-state index in [2.05, 4.69) is 62.7 Å². The van der Waals surface area contributed by atoms with Crippen molar-refractivity contribution in [1.82, 2.24) is 29.3 Å². The van der Waals surface area contributed by atoms with Crippen molar-refractivity contribution >= 4 is 22.9 Å². The number of carbonyl (C=O) groups is 1. The second-order valence-corrected chi connectivity index (χ2v) is 10.9. The molecule has 0 spiro atoms. The van der Waals surface area contributed by atoms with Crippen LogP contribution in [0.25, 0.3) is 39.5 Å². The first-order valence-electron chi connectivity index (χ1n) is 14.3. The van der Waals surface area contributed by atoms with Crippen LogP contribution in [0.2, 0.25) is 0 Å². The molecule has 2 saturated heterocycles. The molecule has 2 atom stereocenters. The summed E-state index contributed by atoms with van der Waals surface area (Å²) < 4.78 is 2.07. The number of hydrogen-bond donors (Lipinski definition) is 1. The molecule has 8 heteroatoms. The van der Waals surface area contributed by atoms with Gasteiger partial charge in [0.25, 0.3) is 5.91 Å². The summed E-state index contributed by atoms with van der Waals surface area (Å²) >= 11 is 0. The fourth-order valence-electron chi connectivity index (χ4n) is 6.32. The molecule has 2 fully saturated rings. The third-order valence-corrected chi connectivity index (χ3v) is 8.37. The highest BCUT2D eigenvalue weighted by Crippen LogP contribution is 2.34. The number of pyridine rings is 2. The first-order chi connectivity index (χ1) is 20.6. The van der Waals surface area contributed by atoms with Crippen LogP contribution in [0.3, 0.4) is 0 Å². The van der Waals surface area contributed by atoms with Crippen molar-refractivity contribution in [3.8, 4) is 40.2 Å². The summed E-state index contributed by atoms with van der Waals surface area (Å²) in [6, 6.07) is 27.3. The number of imidazole rings is 1. The molecular weight excluding hydrogens is 522 g/mol. The van der Waals surface area contributed by atoms with E-state index in [4.69, 9.17) is 15.7 Å². The van der Waals surface area contributed by atoms with E-state index in [-0.39, 0.29) is 5.91 Å². The monoisotopic (exact) mass is 553 g/mol. The zero-order chi connectivity index (χ0) is 28.6. The largest absolute Gasteiger partial charge is 0.383 e. The number of benzene rings is 2. The summed E-state index contributed by atoms with van der Waals surface area (Å²) in [4.78, 5) is 31.2. The molecule has 8 nitrogen and oxygen atoms in total. The van der Waals surface area contributed by atoms with Crippen molar-refractivity contribution in [3.05, 3.63) is 90.6 Å². The van der Waals surface area contributed by atoms with E-state index in [0.29, 0.717) is 23.7 Å². The van der Waals surface area contributed by atoms with Gasteiger partial charge in [-0.15, -0.1) is 0 Å². The highest BCUT2D eigenvalue weighted by Gasteiger charge is 2.40. The molecule has 7 rings (SSSR count). The second kappa shape index (κ2) is 10.8. The quantitative estimate of drug-likeness (QED) is 0.310. The minimum atomic E-state index is -0.0555. The van der Waals surface area contributed by atoms with Crippen LogP contribution in [-0.2, 0) is 11.3 Å². The molecule has 0 saturated carbocycles. The summed E-state index contributed by atoms with van der Waals surface area (Å²) in [6.45, 7) is 4.05. The van der Waals surface area contributed by atoms with Crippen LogP contribution in [0.5, 0.6) is 0 Å². The van der Waals surface area contributed by atoms with Crippen molar-refractivity contribution in [3.63, 3.8) is 0 Å². The van der Waals surface area contributed by atoms with Gasteiger partial charge in [-0.2, -0.15) is 0 Å². The van der Waals surface area contributed by atoms with Gasteiger partial charge in [0.1, 0.15) is 11.3 Å². The van der Waals surface area contributed by atoms with Crippen LogP contribution in [0.1, 0.15) is 25.3 Å². The van der Waals surface area contributed by atoms with Gasteiger partial charge in [-0.25, -0.2) is 15.0 Å². The molecule has 208 valence electrons. The third kappa shape index (κ3) is 4.68. The topological polar surface area (TPSA) is 93.2 Å². The van der Waals surface area contributed by atoms with E-state index < -0.39 is 0 Å². The number of amides is 1. The summed E-state index contributed by atoms with van der Waals surface area (Å²) in [5, 5.41) is 0. The number of carbonyl (C=O) groups excluding carboxylic acids is 1. The van der Waals surface area contributed by atoms with Crippen molar-refractivity contribution < 1.29 is 4.79 Å². The van der Waals surface area contributed by atoms with Crippen molar-refractivity contribution in [1.29, 1.82) is 0 Å². The van der Waals surface area contributed by atoms with Gasteiger partial charge in [-0.3, -0.25) is 14.3 Å². The van der Waals surface area contributed by atoms with E-state index in [1.807, 2.05) is 47.4 Å². The molecular formula is C34H31N7O. The Morgan fingerprint density at radius 1 is 0.929 bits per heavy atom. The van der Waals surface area contributed by atoms with Crippen LogP contribution in [-0.4, -0.2) is 60.4 Å². The van der Waals surface area contributed by atoms with Crippen LogP contribution < -0.4 is 5.73 Å². The Labute approximate surface area is 244 Å². The summed E-state index contributed by atoms with van der Waals surface area (Å²) in [5.41, 5.74) is 12.7. The lowest BCUT2D eigenvalue weighted by Crippen LogP contribution is -2.54. The van der Waals surface area contributed by atoms with Gasteiger partial charge >= 0.3 is 0 Å². The average Bonchev–Trinajstić information content (AvgIpc) is 3.49. The van der Waals surface area contributed by atoms with Gasteiger partial charge in [0.2, 0.25) is 0 Å². The molecule has 2 unspecified atom stereocenters. The van der Waals surface area contributed by atoms with Crippen LogP contribution in [0, 0.1) is 11.8 Å². The number of rotatable bonds is 5. The molecule has 2 aliphatic rings. The predicted octanol–water partition coefficient (Wildman–Crippen LogP) is 4.93. The third-order valence-electron chi connectivity index (χ3n) is 8.37. The van der Waals surface area contributed by atoms with Crippen molar-refractivity contribution in [2.45, 2.75) is 38.4 Å². The van der Waals surface area contributed by atoms with E-state index in [1.54, 1.807) is 13.1 Å². The first-order valence-corrected chi connectivity index (χ1v) is 14.3. The lowest BCUT2D eigenvalue weighted by molar-refractivity contribution is -0.128. The maximum atomic E-state index is 12.4. The van der Waals surface area contributed by atoms with Crippen molar-refractivity contribution in [2.75, 3.05) is 18.8 Å². The lowest BCUT2D eigenvalue weighted by Gasteiger charge is -2.40. The molecule has 0 radical (unpaired) electrons. The smallest absolute Gasteiger partial charge is 0.298 e. The number of hydrogen-bond acceptors (Lipinski definition) is 6. The number of anilines is 1. The number of nitrogens with two attached hydrogens (primary N) is 1. The Hall–Kier alpha value is -5.00. The Kier molecular flexibility index (Phi) is 6.65. The van der Waals surface area contributed by atoms with Gasteiger partial charge in [0.15, 0.2) is 11.5 Å². The van der Waals surface area contributed by atoms with E-state index in [0.717, 1.165) is 66.1 Å². The molecule has 3 aromatic heterocycles. The van der Waals surface area contributed by atoms with E-state index >= 15 is 0 Å². The molecule has 2 aliphatic heterocycles. The summed E-state index contributed by atoms with van der Waals surface area (Å²) in [6.07, 6.45) is 3.91. The Morgan fingerprint density at radius 3 is 2.40 bits per heavy atom. The van der Waals surface area contributed by atoms with Gasteiger partial charge in [-0.1, -0.05) is 48.4 Å². The fraction of sp³-hybridized carbons (Fsp3) is 0.235. The minimum Gasteiger partial charge on any atom is -0.383 e. The number of nitrogens with zero attached hydrogens (tertiary/aromatic N) is 6. The highest BCUT2D eigenvalue weighted by molar-refractivity contribution is 5.93. The average molecular weight is 554 g/mol. The molecule has 42 heavy (non-hydrogen) atoms. The van der Waals surface area contributed by atoms with Crippen LogP contribution in [0.15, 0.2) is 85.1 Å². The molecule has 0 aliphatic carbocycles. The van der Waals surface area contributed by atoms with Crippen molar-refractivity contribution in [2.24, 2.45) is 0 Å². The van der Waals surface area contributed by atoms with Crippen LogP contribution in [0.4, 0.5) is 5.82 Å². The summed E-state index contributed by atoms with van der Waals surface area (Å²) in [5.74, 6) is 6.53. The predicted molar refractivity (Wildman–Crippen MR) is 164 cm³/mol. The highest BCUT2D eigenvalue weighted by atomic mass is 16.2. The van der Waals surface area contributed by atoms with E-state index in [9.17, 15) is 4.79 Å². The zero-order valence-corrected chi connectivity index (χ0v) is 23.4. The number of aromatic nitrogens is 4. The molecule has 2 aromatic carbocycles. The second-order valence-electron chi connectivity index (χ2n) is 10.9. The molecule has 1 amide bonds. The Morgan fingerprint density at radius 2 is 1.69 bits per heavy atom. The molecule has 5 aromatic rings. The van der Waals surface area contributed by atoms with Gasteiger partial charge in [0.05, 0.1) is 11.3 Å². The zero-order valence-electron chi connectivity index (χ0n) is 23.4. The number of nitrogen functional groups attached to an aromatic ring is 1. The SMILES string of the molecule is CC#CC(=O)N1CC2CCC(C1)N2Cc1ccc(-n2c(-c3cccnc3N)nc3ccc(-c4ccccc4)nc32)cc1. The molecule has 2 N–H and O–H groups in total. The Balaban J connectivity index is 1.23. The maximum Gasteiger partial charge on any atom is 0.298 e. The maximum absolute atomic E-state index is 12.4.